The highest BCUT2D eigenvalue weighted by Crippen LogP contribution is 2.23. The number of ether oxygens (including phenoxy) is 1. The Bertz CT molecular complexity index is 788. The van der Waals surface area contributed by atoms with E-state index in [2.05, 4.69) is 11.9 Å². The summed E-state index contributed by atoms with van der Waals surface area (Å²) in [6.45, 7) is 9.37. The first-order valence-electron chi connectivity index (χ1n) is 8.51. The Morgan fingerprint density at radius 1 is 1.08 bits per heavy atom. The highest BCUT2D eigenvalue weighted by Gasteiger charge is 2.20. The number of Topliss-reactive ketones (excluding diaryl/α,β-unsaturated/α-hetero) is 1. The standard InChI is InChI=1S/C21H25NO3/c1-6-18-12-17(10-14(2)22-18)15-8-7-9-16(11-15)19(23)13-20(24)25-21(3,4)5/h7-12H,6,13H2,1-5H3. The number of aromatic nitrogens is 1. The van der Waals surface area contributed by atoms with E-state index in [0.717, 1.165) is 28.9 Å². The normalized spacial score (nSPS) is 11.2. The number of ketones is 1. The second kappa shape index (κ2) is 7.60. The molecule has 0 saturated heterocycles. The van der Waals surface area contributed by atoms with Crippen LogP contribution in [0.4, 0.5) is 0 Å². The number of carbonyl (C=O) groups is 2. The first-order chi connectivity index (χ1) is 11.7. The first kappa shape index (κ1) is 18.8. The SMILES string of the molecule is CCc1cc(-c2cccc(C(=O)CC(=O)OC(C)(C)C)c2)cc(C)n1. The highest BCUT2D eigenvalue weighted by molar-refractivity contribution is 6.06. The van der Waals surface area contributed by atoms with Crippen LogP contribution >= 0.6 is 0 Å². The molecule has 2 rings (SSSR count). The lowest BCUT2D eigenvalue weighted by Crippen LogP contribution is -2.25. The van der Waals surface area contributed by atoms with Crippen LogP contribution in [0, 0.1) is 6.92 Å². The van der Waals surface area contributed by atoms with Crippen LogP contribution in [0.1, 0.15) is 55.9 Å². The molecule has 0 atom stereocenters. The molecule has 0 spiro atoms. The zero-order chi connectivity index (χ0) is 18.6. The van der Waals surface area contributed by atoms with Crippen molar-refractivity contribution in [3.63, 3.8) is 0 Å². The van der Waals surface area contributed by atoms with Gasteiger partial charge in [0.25, 0.3) is 0 Å². The summed E-state index contributed by atoms with van der Waals surface area (Å²) in [5.41, 5.74) is 3.84. The van der Waals surface area contributed by atoms with Crippen LogP contribution in [0.3, 0.4) is 0 Å². The van der Waals surface area contributed by atoms with Gasteiger partial charge >= 0.3 is 5.97 Å². The number of hydrogen-bond acceptors (Lipinski definition) is 4. The Balaban J connectivity index is 2.22. The van der Waals surface area contributed by atoms with E-state index in [1.54, 1.807) is 26.8 Å². The van der Waals surface area contributed by atoms with Crippen LogP contribution in [0.2, 0.25) is 0 Å². The van der Waals surface area contributed by atoms with Gasteiger partial charge in [0.15, 0.2) is 5.78 Å². The number of benzene rings is 1. The largest absolute Gasteiger partial charge is 0.460 e. The molecule has 0 N–H and O–H groups in total. The summed E-state index contributed by atoms with van der Waals surface area (Å²) in [4.78, 5) is 28.8. The number of carbonyl (C=O) groups excluding carboxylic acids is 2. The molecular formula is C21H25NO3. The summed E-state index contributed by atoms with van der Waals surface area (Å²) in [6, 6.07) is 11.4. The van der Waals surface area contributed by atoms with Crippen LogP contribution in [0.25, 0.3) is 11.1 Å². The predicted molar refractivity (Wildman–Crippen MR) is 98.6 cm³/mol. The maximum atomic E-state index is 12.4. The molecule has 1 heterocycles. The summed E-state index contributed by atoms with van der Waals surface area (Å²) in [6.07, 6.45) is 0.599. The maximum absolute atomic E-state index is 12.4. The quantitative estimate of drug-likeness (QED) is 0.456. The van der Waals surface area contributed by atoms with Gasteiger partial charge in [-0.25, -0.2) is 0 Å². The lowest BCUT2D eigenvalue weighted by Gasteiger charge is -2.19. The van der Waals surface area contributed by atoms with Gasteiger partial charge in [-0.3, -0.25) is 14.6 Å². The van der Waals surface area contributed by atoms with Crippen molar-refractivity contribution in [1.29, 1.82) is 0 Å². The summed E-state index contributed by atoms with van der Waals surface area (Å²) in [5, 5.41) is 0. The third-order valence-electron chi connectivity index (χ3n) is 3.61. The number of nitrogens with zero attached hydrogens (tertiary/aromatic N) is 1. The van der Waals surface area contributed by atoms with Gasteiger partial charge in [0.2, 0.25) is 0 Å². The summed E-state index contributed by atoms with van der Waals surface area (Å²) < 4.78 is 5.22. The Labute approximate surface area is 149 Å². The molecule has 0 unspecified atom stereocenters. The lowest BCUT2D eigenvalue weighted by atomic mass is 9.99. The third kappa shape index (κ3) is 5.52. The number of pyridine rings is 1. The molecule has 0 saturated carbocycles. The molecule has 4 nitrogen and oxygen atoms in total. The molecule has 0 radical (unpaired) electrons. The second-order valence-electron chi connectivity index (χ2n) is 7.11. The maximum Gasteiger partial charge on any atom is 0.314 e. The molecule has 0 aliphatic carbocycles. The molecule has 0 bridgehead atoms. The Kier molecular flexibility index (Phi) is 5.73. The van der Waals surface area contributed by atoms with E-state index in [0.29, 0.717) is 5.56 Å². The van der Waals surface area contributed by atoms with Crippen molar-refractivity contribution >= 4 is 11.8 Å². The van der Waals surface area contributed by atoms with Gasteiger partial charge in [-0.15, -0.1) is 0 Å². The van der Waals surface area contributed by atoms with Crippen molar-refractivity contribution in [2.45, 2.75) is 53.1 Å². The van der Waals surface area contributed by atoms with Gasteiger partial charge in [0, 0.05) is 17.0 Å². The molecule has 132 valence electrons. The van der Waals surface area contributed by atoms with Crippen molar-refractivity contribution in [3.8, 4) is 11.1 Å². The van der Waals surface area contributed by atoms with E-state index in [4.69, 9.17) is 4.74 Å². The Hall–Kier alpha value is -2.49. The second-order valence-corrected chi connectivity index (χ2v) is 7.11. The van der Waals surface area contributed by atoms with E-state index in [-0.39, 0.29) is 12.2 Å². The fourth-order valence-corrected chi connectivity index (χ4v) is 2.57. The van der Waals surface area contributed by atoms with Crippen LogP contribution < -0.4 is 0 Å². The van der Waals surface area contributed by atoms with Crippen LogP contribution in [-0.4, -0.2) is 22.3 Å². The first-order valence-corrected chi connectivity index (χ1v) is 8.51. The molecule has 0 amide bonds. The summed E-state index contributed by atoms with van der Waals surface area (Å²) >= 11 is 0. The number of rotatable bonds is 5. The van der Waals surface area contributed by atoms with Gasteiger partial charge in [-0.1, -0.05) is 25.1 Å². The molecule has 0 fully saturated rings. The Morgan fingerprint density at radius 3 is 2.44 bits per heavy atom. The van der Waals surface area contributed by atoms with Crippen molar-refractivity contribution in [3.05, 3.63) is 53.3 Å². The zero-order valence-electron chi connectivity index (χ0n) is 15.6. The van der Waals surface area contributed by atoms with Gasteiger partial charge in [-0.2, -0.15) is 0 Å². The monoisotopic (exact) mass is 339 g/mol. The van der Waals surface area contributed by atoms with E-state index in [1.165, 1.54) is 0 Å². The number of esters is 1. The lowest BCUT2D eigenvalue weighted by molar-refractivity contribution is -0.153. The smallest absolute Gasteiger partial charge is 0.314 e. The summed E-state index contributed by atoms with van der Waals surface area (Å²) in [7, 11) is 0. The average Bonchev–Trinajstić information content (AvgIpc) is 2.52. The van der Waals surface area contributed by atoms with Gasteiger partial charge in [0.1, 0.15) is 12.0 Å². The minimum atomic E-state index is -0.593. The fourth-order valence-electron chi connectivity index (χ4n) is 2.57. The van der Waals surface area contributed by atoms with Crippen molar-refractivity contribution in [1.82, 2.24) is 4.98 Å². The van der Waals surface area contributed by atoms with Gasteiger partial charge < -0.3 is 4.74 Å². The third-order valence-corrected chi connectivity index (χ3v) is 3.61. The molecule has 1 aromatic carbocycles. The van der Waals surface area contributed by atoms with Crippen molar-refractivity contribution in [2.75, 3.05) is 0 Å². The molecule has 4 heteroatoms. The van der Waals surface area contributed by atoms with Gasteiger partial charge in [-0.05, 0) is 63.4 Å². The van der Waals surface area contributed by atoms with E-state index in [9.17, 15) is 9.59 Å². The molecule has 0 aliphatic rings. The molecule has 2 aromatic rings. The van der Waals surface area contributed by atoms with Gasteiger partial charge in [0.05, 0.1) is 0 Å². The molecule has 0 aliphatic heterocycles. The average molecular weight is 339 g/mol. The van der Waals surface area contributed by atoms with Crippen LogP contribution in [0.15, 0.2) is 36.4 Å². The van der Waals surface area contributed by atoms with Crippen LogP contribution in [0.5, 0.6) is 0 Å². The number of aryl methyl sites for hydroxylation is 2. The predicted octanol–water partition coefficient (Wildman–Crippen LogP) is 4.53. The Morgan fingerprint density at radius 2 is 1.80 bits per heavy atom. The van der Waals surface area contributed by atoms with Crippen molar-refractivity contribution in [2.24, 2.45) is 0 Å². The topological polar surface area (TPSA) is 56.3 Å². The van der Waals surface area contributed by atoms with E-state index < -0.39 is 11.6 Å². The number of hydrogen-bond donors (Lipinski definition) is 0. The fraction of sp³-hybridized carbons (Fsp3) is 0.381. The highest BCUT2D eigenvalue weighted by atomic mass is 16.6. The zero-order valence-corrected chi connectivity index (χ0v) is 15.6. The minimum absolute atomic E-state index is 0.238. The van der Waals surface area contributed by atoms with E-state index in [1.807, 2.05) is 37.3 Å². The summed E-state index contributed by atoms with van der Waals surface area (Å²) in [5.74, 6) is -0.742. The molecule has 25 heavy (non-hydrogen) atoms. The molecular weight excluding hydrogens is 314 g/mol. The minimum Gasteiger partial charge on any atom is -0.460 e. The van der Waals surface area contributed by atoms with Crippen molar-refractivity contribution < 1.29 is 14.3 Å². The van der Waals surface area contributed by atoms with Crippen LogP contribution in [-0.2, 0) is 16.0 Å². The van der Waals surface area contributed by atoms with E-state index >= 15 is 0 Å². The molecule has 1 aromatic heterocycles.